The highest BCUT2D eigenvalue weighted by atomic mass is 16.7. The summed E-state index contributed by atoms with van der Waals surface area (Å²) in [5, 5.41) is 8.56. The lowest BCUT2D eigenvalue weighted by molar-refractivity contribution is -0.0203. The van der Waals surface area contributed by atoms with E-state index in [1.807, 2.05) is 6.07 Å². The molecule has 4 nitrogen and oxygen atoms in total. The number of rotatable bonds is 6. The van der Waals surface area contributed by atoms with Crippen LogP contribution in [0.15, 0.2) is 11.6 Å². The predicted molar refractivity (Wildman–Crippen MR) is 43.4 cm³/mol. The Bertz CT molecular complexity index is 172. The van der Waals surface area contributed by atoms with Crippen LogP contribution in [-0.4, -0.2) is 34.2 Å². The fourth-order valence-corrected chi connectivity index (χ4v) is 0.556. The van der Waals surface area contributed by atoms with Gasteiger partial charge in [-0.05, 0) is 6.08 Å². The van der Waals surface area contributed by atoms with Crippen molar-refractivity contribution in [3.8, 4) is 6.07 Å². The molecule has 0 aromatic rings. The Morgan fingerprint density at radius 2 is 2.17 bits per heavy atom. The van der Waals surface area contributed by atoms with Crippen LogP contribution in [0.2, 0.25) is 0 Å². The van der Waals surface area contributed by atoms with E-state index in [0.717, 1.165) is 0 Å². The van der Waals surface area contributed by atoms with E-state index in [1.165, 1.54) is 7.11 Å². The van der Waals surface area contributed by atoms with Crippen molar-refractivity contribution < 1.29 is 14.2 Å². The Kier molecular flexibility index (Phi) is 7.60. The molecule has 0 aromatic heterocycles. The van der Waals surface area contributed by atoms with Crippen molar-refractivity contribution >= 4 is 0 Å². The summed E-state index contributed by atoms with van der Waals surface area (Å²) in [6.45, 7) is 0.902. The highest BCUT2D eigenvalue weighted by Gasteiger charge is 1.94. The Morgan fingerprint density at radius 1 is 1.42 bits per heavy atom. The summed E-state index contributed by atoms with van der Waals surface area (Å²) in [7, 11) is 3.10. The number of hydrogen-bond donors (Lipinski definition) is 0. The van der Waals surface area contributed by atoms with E-state index < -0.39 is 0 Å². The van der Waals surface area contributed by atoms with Gasteiger partial charge in [-0.2, -0.15) is 5.26 Å². The molecule has 0 fully saturated rings. The van der Waals surface area contributed by atoms with Crippen molar-refractivity contribution in [1.82, 2.24) is 0 Å². The van der Waals surface area contributed by atoms with Crippen LogP contribution >= 0.6 is 0 Å². The fourth-order valence-electron chi connectivity index (χ4n) is 0.556. The van der Waals surface area contributed by atoms with E-state index >= 15 is 0 Å². The molecule has 0 amide bonds. The van der Waals surface area contributed by atoms with Crippen LogP contribution < -0.4 is 0 Å². The molecule has 0 saturated heterocycles. The Balaban J connectivity index is 3.61. The maximum absolute atomic E-state index is 8.56. The van der Waals surface area contributed by atoms with Gasteiger partial charge in [0, 0.05) is 14.2 Å². The Morgan fingerprint density at radius 3 is 2.67 bits per heavy atom. The van der Waals surface area contributed by atoms with Gasteiger partial charge in [-0.1, -0.05) is 0 Å². The van der Waals surface area contributed by atoms with Crippen LogP contribution in [0.25, 0.3) is 0 Å². The van der Waals surface area contributed by atoms with Crippen LogP contribution in [-0.2, 0) is 14.2 Å². The highest BCUT2D eigenvalue weighted by Crippen LogP contribution is 1.93. The zero-order valence-corrected chi connectivity index (χ0v) is 7.37. The summed E-state index contributed by atoms with van der Waals surface area (Å²) in [6.07, 6.45) is 1.68. The molecule has 4 heteroatoms. The van der Waals surface area contributed by atoms with E-state index in [9.17, 15) is 0 Å². The lowest BCUT2D eigenvalue weighted by Crippen LogP contribution is -2.01. The molecule has 0 aliphatic heterocycles. The van der Waals surface area contributed by atoms with Gasteiger partial charge in [0.2, 0.25) is 0 Å². The molecule has 0 atom stereocenters. The minimum Gasteiger partial charge on any atom is -0.381 e. The molecule has 12 heavy (non-hydrogen) atoms. The monoisotopic (exact) mass is 171 g/mol. The minimum atomic E-state index is 0.200. The van der Waals surface area contributed by atoms with E-state index in [0.29, 0.717) is 12.2 Å². The Hall–Kier alpha value is -0.890. The van der Waals surface area contributed by atoms with Crippen molar-refractivity contribution in [3.63, 3.8) is 0 Å². The average molecular weight is 171 g/mol. The summed E-state index contributed by atoms with van der Waals surface area (Å²) in [5.41, 5.74) is 0.550. The molecule has 0 aliphatic rings. The van der Waals surface area contributed by atoms with Crippen LogP contribution in [0.4, 0.5) is 0 Å². The minimum absolute atomic E-state index is 0.200. The quantitative estimate of drug-likeness (QED) is 0.335. The lowest BCUT2D eigenvalue weighted by Gasteiger charge is -2.00. The van der Waals surface area contributed by atoms with Gasteiger partial charge in [0.1, 0.15) is 6.79 Å². The third-order valence-electron chi connectivity index (χ3n) is 1.10. The van der Waals surface area contributed by atoms with Crippen molar-refractivity contribution in [2.45, 2.75) is 0 Å². The van der Waals surface area contributed by atoms with Crippen molar-refractivity contribution in [2.75, 3.05) is 34.2 Å². The SMILES string of the molecule is COC/C=C(/C#N)COCOC. The van der Waals surface area contributed by atoms with Crippen LogP contribution in [0.5, 0.6) is 0 Å². The molecule has 0 heterocycles. The summed E-state index contributed by atoms with van der Waals surface area (Å²) in [6, 6.07) is 2.00. The number of nitriles is 1. The van der Waals surface area contributed by atoms with Crippen molar-refractivity contribution in [3.05, 3.63) is 11.6 Å². The number of nitrogens with zero attached hydrogens (tertiary/aromatic N) is 1. The van der Waals surface area contributed by atoms with Gasteiger partial charge in [0.25, 0.3) is 0 Å². The fraction of sp³-hybridized carbons (Fsp3) is 0.625. The van der Waals surface area contributed by atoms with Gasteiger partial charge < -0.3 is 14.2 Å². The molecule has 0 rings (SSSR count). The molecule has 0 spiro atoms. The number of methoxy groups -OCH3 is 2. The third-order valence-corrected chi connectivity index (χ3v) is 1.10. The molecule has 0 unspecified atom stereocenters. The molecule has 0 N–H and O–H groups in total. The number of hydrogen-bond acceptors (Lipinski definition) is 4. The topological polar surface area (TPSA) is 51.5 Å². The van der Waals surface area contributed by atoms with Gasteiger partial charge in [0.05, 0.1) is 24.9 Å². The molecule has 0 aliphatic carbocycles. The lowest BCUT2D eigenvalue weighted by atomic mass is 10.3. The van der Waals surface area contributed by atoms with Gasteiger partial charge >= 0.3 is 0 Å². The van der Waals surface area contributed by atoms with E-state index in [-0.39, 0.29) is 13.4 Å². The zero-order valence-electron chi connectivity index (χ0n) is 7.37. The van der Waals surface area contributed by atoms with E-state index in [1.54, 1.807) is 13.2 Å². The predicted octanol–water partition coefficient (Wildman–Crippen LogP) is 0.703. The standard InChI is InChI=1S/C8H13NO3/c1-10-4-3-8(5-9)6-12-7-11-2/h3H,4,6-7H2,1-2H3/b8-3-. The van der Waals surface area contributed by atoms with E-state index in [4.69, 9.17) is 14.7 Å². The van der Waals surface area contributed by atoms with Crippen molar-refractivity contribution in [1.29, 1.82) is 5.26 Å². The first-order chi connectivity index (χ1) is 5.85. The molecule has 0 aromatic carbocycles. The van der Waals surface area contributed by atoms with E-state index in [2.05, 4.69) is 4.74 Å². The molecular formula is C8H13NO3. The molecule has 0 bridgehead atoms. The summed E-state index contributed by atoms with van der Waals surface area (Å²) < 4.78 is 14.4. The first-order valence-electron chi connectivity index (χ1n) is 3.50. The normalized spacial score (nSPS) is 11.2. The Labute approximate surface area is 72.3 Å². The summed E-state index contributed by atoms with van der Waals surface area (Å²) in [4.78, 5) is 0. The second kappa shape index (κ2) is 8.21. The number of ether oxygens (including phenoxy) is 3. The highest BCUT2D eigenvalue weighted by molar-refractivity contribution is 5.20. The van der Waals surface area contributed by atoms with Gasteiger partial charge in [-0.25, -0.2) is 0 Å². The molecular weight excluding hydrogens is 158 g/mol. The first-order valence-corrected chi connectivity index (χ1v) is 3.50. The second-order valence-corrected chi connectivity index (χ2v) is 2.05. The van der Waals surface area contributed by atoms with Gasteiger partial charge in [0.15, 0.2) is 0 Å². The van der Waals surface area contributed by atoms with Gasteiger partial charge in [-0.15, -0.1) is 0 Å². The smallest absolute Gasteiger partial charge is 0.146 e. The first kappa shape index (κ1) is 11.1. The maximum atomic E-state index is 8.56. The second-order valence-electron chi connectivity index (χ2n) is 2.05. The summed E-state index contributed by atoms with van der Waals surface area (Å²) >= 11 is 0. The van der Waals surface area contributed by atoms with Gasteiger partial charge in [-0.3, -0.25) is 0 Å². The maximum Gasteiger partial charge on any atom is 0.146 e. The van der Waals surface area contributed by atoms with Crippen LogP contribution in [0, 0.1) is 11.3 Å². The van der Waals surface area contributed by atoms with Crippen LogP contribution in [0.3, 0.4) is 0 Å². The zero-order chi connectivity index (χ0) is 9.23. The average Bonchev–Trinajstić information content (AvgIpc) is 2.11. The molecule has 0 saturated carbocycles. The molecule has 0 radical (unpaired) electrons. The van der Waals surface area contributed by atoms with Crippen LogP contribution in [0.1, 0.15) is 0 Å². The summed E-state index contributed by atoms with van der Waals surface area (Å²) in [5.74, 6) is 0. The van der Waals surface area contributed by atoms with Crippen molar-refractivity contribution in [2.24, 2.45) is 0 Å². The molecule has 68 valence electrons. The third kappa shape index (κ3) is 5.86. The largest absolute Gasteiger partial charge is 0.381 e.